The molecule has 0 amide bonds. The van der Waals surface area contributed by atoms with E-state index in [1.54, 1.807) is 0 Å². The highest BCUT2D eigenvalue weighted by molar-refractivity contribution is 7.28. The molecule has 0 aliphatic rings. The number of hydrogen-bond donors (Lipinski definition) is 0. The largest absolute Gasteiger partial charge is 0.294 e. The smallest absolute Gasteiger partial charge is 0.163 e. The highest BCUT2D eigenvalue weighted by Gasteiger charge is 2.16. The standard InChI is InChI=1S/C16H25O2P/c1-3-5-7-9-15(17)13-11-19-12-14(13)16(18)10-8-6-4-2/h11-12,19H,3-10H2,1-2H3. The topological polar surface area (TPSA) is 34.1 Å². The molecule has 19 heavy (non-hydrogen) atoms. The van der Waals surface area contributed by atoms with Gasteiger partial charge >= 0.3 is 0 Å². The molecule has 106 valence electrons. The number of carbonyl (C=O) groups is 2. The first kappa shape index (κ1) is 16.2. The maximum Gasteiger partial charge on any atom is 0.163 e. The quantitative estimate of drug-likeness (QED) is 0.433. The molecule has 0 unspecified atom stereocenters. The molecule has 1 rings (SSSR count). The summed E-state index contributed by atoms with van der Waals surface area (Å²) in [6.07, 6.45) is 7.46. The summed E-state index contributed by atoms with van der Waals surface area (Å²) in [5, 5.41) is 0. The Morgan fingerprint density at radius 3 is 1.63 bits per heavy atom. The lowest BCUT2D eigenvalue weighted by molar-refractivity contribution is 0.0947. The van der Waals surface area contributed by atoms with E-state index < -0.39 is 0 Å². The first-order valence-corrected chi connectivity index (χ1v) is 8.59. The lowest BCUT2D eigenvalue weighted by Gasteiger charge is -2.03. The summed E-state index contributed by atoms with van der Waals surface area (Å²) in [5.74, 6) is 4.21. The van der Waals surface area contributed by atoms with Gasteiger partial charge in [0.1, 0.15) is 0 Å². The first-order valence-electron chi connectivity index (χ1n) is 7.43. The summed E-state index contributed by atoms with van der Waals surface area (Å²) < 4.78 is 0. The third-order valence-corrected chi connectivity index (χ3v) is 4.27. The van der Waals surface area contributed by atoms with Crippen LogP contribution in [-0.4, -0.2) is 11.6 Å². The van der Waals surface area contributed by atoms with Gasteiger partial charge in [0.15, 0.2) is 11.6 Å². The highest BCUT2D eigenvalue weighted by Crippen LogP contribution is 2.23. The molecule has 3 heteroatoms. The number of ketones is 2. The third kappa shape index (κ3) is 5.32. The summed E-state index contributed by atoms with van der Waals surface area (Å²) in [7, 11) is 0.500. The van der Waals surface area contributed by atoms with E-state index in [1.807, 2.05) is 11.6 Å². The SMILES string of the molecule is CCCCCC(=O)c1c[pH]cc1C(=O)CCCCC. The van der Waals surface area contributed by atoms with Crippen LogP contribution in [0, 0.1) is 0 Å². The highest BCUT2D eigenvalue weighted by atomic mass is 31.0. The molecule has 1 aromatic rings. The Bertz CT molecular complexity index is 370. The van der Waals surface area contributed by atoms with Crippen molar-refractivity contribution in [1.29, 1.82) is 0 Å². The van der Waals surface area contributed by atoms with Gasteiger partial charge in [-0.2, -0.15) is 0 Å². The van der Waals surface area contributed by atoms with Crippen LogP contribution in [0.25, 0.3) is 0 Å². The first-order chi connectivity index (χ1) is 9.20. The Hall–Kier alpha value is -0.880. The van der Waals surface area contributed by atoms with Gasteiger partial charge in [-0.1, -0.05) is 39.5 Å². The van der Waals surface area contributed by atoms with Crippen LogP contribution in [-0.2, 0) is 0 Å². The van der Waals surface area contributed by atoms with Crippen molar-refractivity contribution in [2.45, 2.75) is 65.2 Å². The van der Waals surface area contributed by atoms with E-state index in [1.165, 1.54) is 0 Å². The van der Waals surface area contributed by atoms with Gasteiger partial charge in [-0.25, -0.2) is 0 Å². The maximum atomic E-state index is 12.1. The summed E-state index contributed by atoms with van der Waals surface area (Å²) in [6, 6.07) is 0. The van der Waals surface area contributed by atoms with Crippen molar-refractivity contribution in [2.75, 3.05) is 0 Å². The lowest BCUT2D eigenvalue weighted by Crippen LogP contribution is -2.06. The van der Waals surface area contributed by atoms with E-state index in [4.69, 9.17) is 0 Å². The molecule has 0 aromatic carbocycles. The molecule has 0 aliphatic carbocycles. The molecule has 0 fully saturated rings. The molecule has 1 aromatic heterocycles. The second kappa shape index (κ2) is 9.09. The van der Waals surface area contributed by atoms with E-state index >= 15 is 0 Å². The zero-order valence-electron chi connectivity index (χ0n) is 12.1. The van der Waals surface area contributed by atoms with E-state index in [0.29, 0.717) is 32.2 Å². The fourth-order valence-electron chi connectivity index (χ4n) is 2.17. The minimum Gasteiger partial charge on any atom is -0.294 e. The summed E-state index contributed by atoms with van der Waals surface area (Å²) in [5.41, 5.74) is 1.41. The second-order valence-corrected chi connectivity index (χ2v) is 5.95. The van der Waals surface area contributed by atoms with Crippen LogP contribution in [0.2, 0.25) is 0 Å². The van der Waals surface area contributed by atoms with Crippen LogP contribution in [0.1, 0.15) is 85.9 Å². The fraction of sp³-hybridized carbons (Fsp3) is 0.625. The van der Waals surface area contributed by atoms with Crippen molar-refractivity contribution >= 4 is 19.8 Å². The number of carbonyl (C=O) groups excluding carboxylic acids is 2. The second-order valence-electron chi connectivity index (χ2n) is 5.04. The minimum absolute atomic E-state index is 0.161. The molecule has 1 heterocycles. The zero-order valence-corrected chi connectivity index (χ0v) is 13.1. The van der Waals surface area contributed by atoms with Crippen LogP contribution in [0.15, 0.2) is 11.6 Å². The normalized spacial score (nSPS) is 10.6. The van der Waals surface area contributed by atoms with Crippen LogP contribution in [0.5, 0.6) is 0 Å². The van der Waals surface area contributed by atoms with E-state index in [0.717, 1.165) is 38.5 Å². The van der Waals surface area contributed by atoms with Gasteiger partial charge in [0, 0.05) is 24.0 Å². The van der Waals surface area contributed by atoms with Gasteiger partial charge < -0.3 is 0 Å². The summed E-state index contributed by atoms with van der Waals surface area (Å²) >= 11 is 0. The minimum atomic E-state index is 0.161. The van der Waals surface area contributed by atoms with E-state index in [2.05, 4.69) is 13.8 Å². The molecule has 0 radical (unpaired) electrons. The molecular weight excluding hydrogens is 255 g/mol. The maximum absolute atomic E-state index is 12.1. The van der Waals surface area contributed by atoms with E-state index in [9.17, 15) is 9.59 Å². The van der Waals surface area contributed by atoms with Crippen molar-refractivity contribution in [3.8, 4) is 0 Å². The van der Waals surface area contributed by atoms with Crippen LogP contribution in [0.3, 0.4) is 0 Å². The molecule has 0 spiro atoms. The van der Waals surface area contributed by atoms with Gasteiger partial charge in [0.05, 0.1) is 0 Å². The summed E-state index contributed by atoms with van der Waals surface area (Å²) in [4.78, 5) is 24.2. The van der Waals surface area contributed by atoms with Gasteiger partial charge in [0.25, 0.3) is 0 Å². The van der Waals surface area contributed by atoms with Crippen molar-refractivity contribution < 1.29 is 9.59 Å². The molecule has 0 saturated heterocycles. The van der Waals surface area contributed by atoms with Crippen LogP contribution in [0.4, 0.5) is 0 Å². The average molecular weight is 280 g/mol. The molecule has 0 bridgehead atoms. The molecule has 2 nitrogen and oxygen atoms in total. The van der Waals surface area contributed by atoms with Crippen molar-refractivity contribution in [2.24, 2.45) is 0 Å². The molecule has 0 aliphatic heterocycles. The van der Waals surface area contributed by atoms with Crippen molar-refractivity contribution in [3.63, 3.8) is 0 Å². The van der Waals surface area contributed by atoms with E-state index in [-0.39, 0.29) is 11.6 Å². The monoisotopic (exact) mass is 280 g/mol. The number of hydrogen-bond acceptors (Lipinski definition) is 2. The predicted molar refractivity (Wildman–Crippen MR) is 82.9 cm³/mol. The number of Topliss-reactive ketones (excluding diaryl/α,β-unsaturated/α-hetero) is 2. The van der Waals surface area contributed by atoms with Gasteiger partial charge in [-0.05, 0) is 24.4 Å². The lowest BCUT2D eigenvalue weighted by atomic mass is 9.99. The Labute approximate surface area is 118 Å². The van der Waals surface area contributed by atoms with Crippen molar-refractivity contribution in [3.05, 3.63) is 22.7 Å². The predicted octanol–water partition coefficient (Wildman–Crippen LogP) is 5.24. The van der Waals surface area contributed by atoms with Gasteiger partial charge in [-0.3, -0.25) is 9.59 Å². The molecule has 0 saturated carbocycles. The van der Waals surface area contributed by atoms with Gasteiger partial charge in [-0.15, -0.1) is 8.19 Å². The zero-order chi connectivity index (χ0) is 14.1. The third-order valence-electron chi connectivity index (χ3n) is 3.36. The average Bonchev–Trinajstić information content (AvgIpc) is 2.88. The fourth-order valence-corrected chi connectivity index (χ4v) is 3.22. The Morgan fingerprint density at radius 1 is 0.842 bits per heavy atom. The summed E-state index contributed by atoms with van der Waals surface area (Å²) in [6.45, 7) is 4.26. The Kier molecular flexibility index (Phi) is 7.74. The van der Waals surface area contributed by atoms with Crippen LogP contribution >= 0.6 is 8.19 Å². The molecular formula is C16H25O2P. The van der Waals surface area contributed by atoms with Crippen LogP contribution < -0.4 is 0 Å². The number of unbranched alkanes of at least 4 members (excludes halogenated alkanes) is 4. The number of rotatable bonds is 10. The van der Waals surface area contributed by atoms with Gasteiger partial charge in [0.2, 0.25) is 0 Å². The molecule has 0 atom stereocenters. The Balaban J connectivity index is 2.58. The molecule has 0 N–H and O–H groups in total. The Morgan fingerprint density at radius 2 is 1.26 bits per heavy atom. The van der Waals surface area contributed by atoms with Crippen molar-refractivity contribution in [1.82, 2.24) is 0 Å².